The lowest BCUT2D eigenvalue weighted by atomic mass is 10.1. The van der Waals surface area contributed by atoms with Crippen LogP contribution in [0.4, 0.5) is 0 Å². The smallest absolute Gasteiger partial charge is 0.279 e. The van der Waals surface area contributed by atoms with Crippen molar-refractivity contribution in [2.45, 2.75) is 41.0 Å². The molecule has 0 aliphatic carbocycles. The molecular formula is C21H28N2O5S. The first kappa shape index (κ1) is 22.5. The van der Waals surface area contributed by atoms with E-state index in [-0.39, 0.29) is 11.5 Å². The molecule has 158 valence electrons. The molecule has 0 bridgehead atoms. The summed E-state index contributed by atoms with van der Waals surface area (Å²) in [5, 5.41) is 0. The molecule has 1 aromatic carbocycles. The fourth-order valence-electron chi connectivity index (χ4n) is 2.75. The minimum atomic E-state index is -0.479. The molecule has 0 atom stereocenters. The van der Waals surface area contributed by atoms with E-state index in [1.54, 1.807) is 12.1 Å². The maximum absolute atomic E-state index is 12.6. The number of amides is 2. The quantitative estimate of drug-likeness (QED) is 0.601. The molecule has 2 amide bonds. The Morgan fingerprint density at radius 3 is 1.90 bits per heavy atom. The molecule has 0 aliphatic heterocycles. The second-order valence-corrected chi connectivity index (χ2v) is 7.31. The molecule has 0 radical (unpaired) electrons. The van der Waals surface area contributed by atoms with Crippen LogP contribution in [-0.4, -0.2) is 31.6 Å². The maximum Gasteiger partial charge on any atom is 0.279 e. The van der Waals surface area contributed by atoms with E-state index in [1.807, 2.05) is 40.7 Å². The predicted molar refractivity (Wildman–Crippen MR) is 113 cm³/mol. The molecule has 2 rings (SSSR count). The minimum Gasteiger partial charge on any atom is -0.490 e. The number of hydrogen-bond donors (Lipinski definition) is 2. The summed E-state index contributed by atoms with van der Waals surface area (Å²) in [7, 11) is 0. The molecule has 29 heavy (non-hydrogen) atoms. The van der Waals surface area contributed by atoms with Gasteiger partial charge >= 0.3 is 0 Å². The zero-order valence-corrected chi connectivity index (χ0v) is 18.3. The van der Waals surface area contributed by atoms with Gasteiger partial charge in [0.25, 0.3) is 11.8 Å². The monoisotopic (exact) mass is 420 g/mol. The number of thiophene rings is 1. The van der Waals surface area contributed by atoms with Gasteiger partial charge in [-0.3, -0.25) is 20.4 Å². The highest BCUT2D eigenvalue weighted by molar-refractivity contribution is 7.14. The third-order valence-corrected chi connectivity index (χ3v) is 5.18. The summed E-state index contributed by atoms with van der Waals surface area (Å²) < 4.78 is 16.9. The van der Waals surface area contributed by atoms with Gasteiger partial charge in [-0.15, -0.1) is 11.3 Å². The molecule has 7 nitrogen and oxygen atoms in total. The molecule has 8 heteroatoms. The highest BCUT2D eigenvalue weighted by atomic mass is 32.1. The number of rotatable bonds is 9. The lowest BCUT2D eigenvalue weighted by Gasteiger charge is -2.17. The van der Waals surface area contributed by atoms with Gasteiger partial charge in [0.1, 0.15) is 0 Å². The normalized spacial score (nSPS) is 10.4. The van der Waals surface area contributed by atoms with Gasteiger partial charge in [0.05, 0.1) is 24.7 Å². The summed E-state index contributed by atoms with van der Waals surface area (Å²) in [6.07, 6.45) is 0.856. The van der Waals surface area contributed by atoms with Crippen LogP contribution in [0.15, 0.2) is 18.2 Å². The van der Waals surface area contributed by atoms with Gasteiger partial charge in [-0.2, -0.15) is 0 Å². The number of benzene rings is 1. The fraction of sp³-hybridized carbons (Fsp3) is 0.429. The SMILES string of the molecule is CCOc1cc(C(=O)NNC(=O)c2cc(CC)c(C)s2)cc(OCC)c1OCC. The van der Waals surface area contributed by atoms with Crippen molar-refractivity contribution in [1.82, 2.24) is 10.9 Å². The van der Waals surface area contributed by atoms with E-state index in [4.69, 9.17) is 14.2 Å². The van der Waals surface area contributed by atoms with E-state index < -0.39 is 5.91 Å². The van der Waals surface area contributed by atoms with Gasteiger partial charge in [0.2, 0.25) is 5.75 Å². The number of ether oxygens (including phenoxy) is 3. The van der Waals surface area contributed by atoms with Gasteiger partial charge in [0, 0.05) is 10.4 Å². The molecule has 0 saturated heterocycles. The maximum atomic E-state index is 12.6. The second kappa shape index (κ2) is 10.7. The van der Waals surface area contributed by atoms with Crippen molar-refractivity contribution in [2.24, 2.45) is 0 Å². The number of nitrogens with one attached hydrogen (secondary N) is 2. The average molecular weight is 421 g/mol. The molecule has 0 fully saturated rings. The predicted octanol–water partition coefficient (Wildman–Crippen LogP) is 3.89. The van der Waals surface area contributed by atoms with Crippen LogP contribution in [0, 0.1) is 6.92 Å². The Hall–Kier alpha value is -2.74. The van der Waals surface area contributed by atoms with Gasteiger partial charge in [-0.05, 0) is 57.9 Å². The Kier molecular flexibility index (Phi) is 8.33. The van der Waals surface area contributed by atoms with Gasteiger partial charge < -0.3 is 14.2 Å². The van der Waals surface area contributed by atoms with E-state index >= 15 is 0 Å². The van der Waals surface area contributed by atoms with Crippen LogP contribution in [0.5, 0.6) is 17.2 Å². The highest BCUT2D eigenvalue weighted by Crippen LogP contribution is 2.39. The molecule has 2 N–H and O–H groups in total. The molecule has 0 aliphatic rings. The number of hydrogen-bond acceptors (Lipinski definition) is 6. The van der Waals surface area contributed by atoms with E-state index in [9.17, 15) is 9.59 Å². The van der Waals surface area contributed by atoms with Crippen LogP contribution in [0.25, 0.3) is 0 Å². The zero-order chi connectivity index (χ0) is 21.4. The minimum absolute atomic E-state index is 0.289. The summed E-state index contributed by atoms with van der Waals surface area (Å²) in [5.74, 6) is 0.453. The van der Waals surface area contributed by atoms with Gasteiger partial charge in [-0.1, -0.05) is 6.92 Å². The van der Waals surface area contributed by atoms with Crippen molar-refractivity contribution in [3.63, 3.8) is 0 Å². The van der Waals surface area contributed by atoms with Crippen molar-refractivity contribution in [2.75, 3.05) is 19.8 Å². The van der Waals surface area contributed by atoms with Crippen molar-refractivity contribution in [1.29, 1.82) is 0 Å². The van der Waals surface area contributed by atoms with Gasteiger partial charge in [0.15, 0.2) is 11.5 Å². The first-order chi connectivity index (χ1) is 13.9. The van der Waals surface area contributed by atoms with Crippen LogP contribution in [0.3, 0.4) is 0 Å². The Labute approximate surface area is 175 Å². The molecule has 1 aromatic heterocycles. The van der Waals surface area contributed by atoms with Crippen LogP contribution >= 0.6 is 11.3 Å². The van der Waals surface area contributed by atoms with E-state index in [0.29, 0.717) is 41.9 Å². The van der Waals surface area contributed by atoms with Gasteiger partial charge in [-0.25, -0.2) is 0 Å². The molecule has 0 saturated carbocycles. The summed E-state index contributed by atoms with van der Waals surface area (Å²) >= 11 is 1.40. The Morgan fingerprint density at radius 2 is 1.41 bits per heavy atom. The first-order valence-electron chi connectivity index (χ1n) is 9.71. The van der Waals surface area contributed by atoms with Crippen LogP contribution < -0.4 is 25.1 Å². The average Bonchev–Trinajstić information content (AvgIpc) is 3.09. The lowest BCUT2D eigenvalue weighted by molar-refractivity contribution is 0.0848. The largest absolute Gasteiger partial charge is 0.490 e. The Balaban J connectivity index is 2.19. The summed E-state index contributed by atoms with van der Waals surface area (Å²) in [5.41, 5.74) is 6.33. The number of hydrazine groups is 1. The number of carbonyl (C=O) groups excluding carboxylic acids is 2. The number of carbonyl (C=O) groups is 2. The van der Waals surface area contributed by atoms with Crippen molar-refractivity contribution in [3.05, 3.63) is 39.1 Å². The third kappa shape index (κ3) is 5.63. The Bertz CT molecular complexity index is 836. The molecule has 2 aromatic rings. The summed E-state index contributed by atoms with van der Waals surface area (Å²) in [6, 6.07) is 4.99. The second-order valence-electron chi connectivity index (χ2n) is 6.05. The van der Waals surface area contributed by atoms with Crippen LogP contribution in [0.2, 0.25) is 0 Å². The molecule has 0 unspecified atom stereocenters. The van der Waals surface area contributed by atoms with Crippen molar-refractivity contribution >= 4 is 23.2 Å². The standard InChI is InChI=1S/C21H28N2O5S/c1-6-14-12-18(29-13(14)5)21(25)23-22-20(24)15-10-16(26-7-2)19(28-9-4)17(11-15)27-8-3/h10-12H,6-9H2,1-5H3,(H,22,24)(H,23,25). The lowest BCUT2D eigenvalue weighted by Crippen LogP contribution is -2.41. The van der Waals surface area contributed by atoms with Crippen LogP contribution in [-0.2, 0) is 6.42 Å². The van der Waals surface area contributed by atoms with Crippen molar-refractivity contribution < 1.29 is 23.8 Å². The Morgan fingerprint density at radius 1 is 0.862 bits per heavy atom. The van der Waals surface area contributed by atoms with E-state index in [2.05, 4.69) is 10.9 Å². The fourth-order valence-corrected chi connectivity index (χ4v) is 3.76. The van der Waals surface area contributed by atoms with E-state index in [0.717, 1.165) is 16.9 Å². The van der Waals surface area contributed by atoms with Crippen LogP contribution in [0.1, 0.15) is 58.2 Å². The topological polar surface area (TPSA) is 85.9 Å². The third-order valence-electron chi connectivity index (χ3n) is 4.09. The zero-order valence-electron chi connectivity index (χ0n) is 17.5. The highest BCUT2D eigenvalue weighted by Gasteiger charge is 2.19. The number of aryl methyl sites for hydroxylation is 2. The first-order valence-corrected chi connectivity index (χ1v) is 10.5. The molecule has 1 heterocycles. The summed E-state index contributed by atoms with van der Waals surface area (Å²) in [6.45, 7) is 10.8. The van der Waals surface area contributed by atoms with Crippen molar-refractivity contribution in [3.8, 4) is 17.2 Å². The summed E-state index contributed by atoms with van der Waals surface area (Å²) in [4.78, 5) is 26.6. The van der Waals surface area contributed by atoms with E-state index in [1.165, 1.54) is 11.3 Å². The molecule has 0 spiro atoms. The molecular weight excluding hydrogens is 392 g/mol.